The van der Waals surface area contributed by atoms with Crippen molar-refractivity contribution in [3.05, 3.63) is 23.6 Å². The lowest BCUT2D eigenvalue weighted by Gasteiger charge is -2.19. The van der Waals surface area contributed by atoms with E-state index in [2.05, 4.69) is 13.5 Å². The Morgan fingerprint density at radius 2 is 1.35 bits per heavy atom. The van der Waals surface area contributed by atoms with Gasteiger partial charge in [-0.1, -0.05) is 71.3 Å². The number of unbranched alkanes of at least 4 members (excludes halogenated alkanes) is 9. The quantitative estimate of drug-likeness (QED) is 0.330. The minimum atomic E-state index is -0.639. The third kappa shape index (κ3) is 5.85. The number of aliphatic hydroxyl groups is 1. The number of allylic oxidation sites excluding steroid dienone is 2. The molecule has 0 saturated heterocycles. The molecule has 4 nitrogen and oxygen atoms in total. The zero-order valence-electron chi connectivity index (χ0n) is 14.7. The maximum absolute atomic E-state index is 11.9. The van der Waals surface area contributed by atoms with E-state index in [0.29, 0.717) is 6.54 Å². The Morgan fingerprint density at radius 1 is 0.870 bits per heavy atom. The first-order valence-corrected chi connectivity index (χ1v) is 8.93. The van der Waals surface area contributed by atoms with Gasteiger partial charge in [-0.05, 0) is 6.42 Å². The molecule has 0 aromatic rings. The number of rotatable bonds is 12. The van der Waals surface area contributed by atoms with Crippen LogP contribution in [0.15, 0.2) is 23.6 Å². The number of carbonyl (C=O) groups is 2. The van der Waals surface area contributed by atoms with Crippen molar-refractivity contribution >= 4 is 11.6 Å². The third-order valence-corrected chi connectivity index (χ3v) is 4.43. The van der Waals surface area contributed by atoms with Gasteiger partial charge in [-0.15, -0.1) is 0 Å². The van der Waals surface area contributed by atoms with Gasteiger partial charge in [-0.3, -0.25) is 9.59 Å². The molecule has 0 amide bonds. The maximum Gasteiger partial charge on any atom is 0.233 e. The number of nitrogens with zero attached hydrogens (tertiary/aromatic N) is 1. The van der Waals surface area contributed by atoms with E-state index in [0.717, 1.165) is 12.8 Å². The summed E-state index contributed by atoms with van der Waals surface area (Å²) < 4.78 is 0. The highest BCUT2D eigenvalue weighted by Crippen LogP contribution is 2.24. The summed E-state index contributed by atoms with van der Waals surface area (Å²) in [6.07, 6.45) is 12.5. The van der Waals surface area contributed by atoms with Crippen LogP contribution in [0.1, 0.15) is 71.1 Å². The van der Waals surface area contributed by atoms with Gasteiger partial charge in [0.2, 0.25) is 11.6 Å². The van der Waals surface area contributed by atoms with Crippen LogP contribution in [0, 0.1) is 0 Å². The summed E-state index contributed by atoms with van der Waals surface area (Å²) in [7, 11) is 1.74. The second-order valence-electron chi connectivity index (χ2n) is 6.44. The van der Waals surface area contributed by atoms with Gasteiger partial charge in [0.15, 0.2) is 5.76 Å². The second kappa shape index (κ2) is 10.2. The Bertz CT molecular complexity index is 465. The van der Waals surface area contributed by atoms with Crippen LogP contribution >= 0.6 is 0 Å². The maximum atomic E-state index is 11.9. The predicted molar refractivity (Wildman–Crippen MR) is 93.3 cm³/mol. The molecule has 0 spiro atoms. The van der Waals surface area contributed by atoms with Crippen molar-refractivity contribution in [3.63, 3.8) is 0 Å². The van der Waals surface area contributed by atoms with Crippen LogP contribution in [-0.4, -0.2) is 35.2 Å². The van der Waals surface area contributed by atoms with Crippen LogP contribution in [0.4, 0.5) is 0 Å². The van der Waals surface area contributed by atoms with Crippen molar-refractivity contribution in [1.29, 1.82) is 0 Å². The molecule has 0 aromatic carbocycles. The van der Waals surface area contributed by atoms with Crippen LogP contribution in [0.25, 0.3) is 0 Å². The highest BCUT2D eigenvalue weighted by Gasteiger charge is 2.36. The van der Waals surface area contributed by atoms with E-state index in [4.69, 9.17) is 0 Å². The lowest BCUT2D eigenvalue weighted by Crippen LogP contribution is -2.23. The molecule has 0 atom stereocenters. The minimum absolute atomic E-state index is 0.107. The van der Waals surface area contributed by atoms with Crippen LogP contribution in [0.2, 0.25) is 0 Å². The Balaban J connectivity index is 2.13. The van der Waals surface area contributed by atoms with Crippen LogP contribution in [0.5, 0.6) is 0 Å². The van der Waals surface area contributed by atoms with E-state index in [9.17, 15) is 14.7 Å². The first-order valence-electron chi connectivity index (χ1n) is 8.93. The molecule has 130 valence electrons. The van der Waals surface area contributed by atoms with Crippen LogP contribution in [0.3, 0.4) is 0 Å². The molecular formula is C19H31NO3. The Hall–Kier alpha value is -1.58. The molecule has 23 heavy (non-hydrogen) atoms. The Labute approximate surface area is 140 Å². The number of carbonyl (C=O) groups excluding carboxylic acids is 2. The monoisotopic (exact) mass is 321 g/mol. The lowest BCUT2D eigenvalue weighted by atomic mass is 10.1. The summed E-state index contributed by atoms with van der Waals surface area (Å²) in [6.45, 7) is 6.33. The first kappa shape index (κ1) is 19.5. The van der Waals surface area contributed by atoms with Gasteiger partial charge >= 0.3 is 0 Å². The average Bonchev–Trinajstić information content (AvgIpc) is 2.72. The predicted octanol–water partition coefficient (Wildman–Crippen LogP) is 4.32. The SMILES string of the molecule is C=C1C(=O)C(O)=C(N(C)CCCCCCCCCCCC)C1=O. The summed E-state index contributed by atoms with van der Waals surface area (Å²) >= 11 is 0. The normalized spacial score (nSPS) is 15.0. The number of hydrogen-bond donors (Lipinski definition) is 1. The summed E-state index contributed by atoms with van der Waals surface area (Å²) in [6, 6.07) is 0. The van der Waals surface area contributed by atoms with Crippen molar-refractivity contribution in [1.82, 2.24) is 4.90 Å². The standard InChI is InChI=1S/C19H31NO3/c1-4-5-6-7-8-9-10-11-12-13-14-20(3)16-17(21)15(2)18(22)19(16)23/h23H,2,4-14H2,1,3H3. The van der Waals surface area contributed by atoms with E-state index >= 15 is 0 Å². The number of hydrogen-bond acceptors (Lipinski definition) is 4. The van der Waals surface area contributed by atoms with Gasteiger partial charge in [-0.2, -0.15) is 0 Å². The van der Waals surface area contributed by atoms with Gasteiger partial charge in [0, 0.05) is 13.6 Å². The smallest absolute Gasteiger partial charge is 0.233 e. The molecule has 1 aliphatic carbocycles. The van der Waals surface area contributed by atoms with E-state index in [1.807, 2.05) is 0 Å². The molecule has 4 heteroatoms. The average molecular weight is 321 g/mol. The van der Waals surface area contributed by atoms with Gasteiger partial charge in [-0.25, -0.2) is 0 Å². The fourth-order valence-corrected chi connectivity index (χ4v) is 2.91. The van der Waals surface area contributed by atoms with Crippen molar-refractivity contribution < 1.29 is 14.7 Å². The van der Waals surface area contributed by atoms with Gasteiger partial charge in [0.1, 0.15) is 5.70 Å². The molecule has 0 aromatic heterocycles. The van der Waals surface area contributed by atoms with E-state index in [1.165, 1.54) is 51.4 Å². The molecule has 1 N–H and O–H groups in total. The minimum Gasteiger partial charge on any atom is -0.503 e. The highest BCUT2D eigenvalue weighted by atomic mass is 16.3. The fraction of sp³-hybridized carbons (Fsp3) is 0.684. The molecule has 0 fully saturated rings. The molecule has 0 saturated carbocycles. The number of Topliss-reactive ketones (excluding diaryl/α,β-unsaturated/α-hetero) is 2. The van der Waals surface area contributed by atoms with E-state index in [-0.39, 0.29) is 11.3 Å². The van der Waals surface area contributed by atoms with Crippen molar-refractivity contribution in [2.24, 2.45) is 0 Å². The lowest BCUT2D eigenvalue weighted by molar-refractivity contribution is -0.117. The van der Waals surface area contributed by atoms with Crippen molar-refractivity contribution in [2.75, 3.05) is 13.6 Å². The Morgan fingerprint density at radius 3 is 1.78 bits per heavy atom. The number of aliphatic hydroxyl groups excluding tert-OH is 1. The van der Waals surface area contributed by atoms with E-state index in [1.54, 1.807) is 11.9 Å². The Kier molecular flexibility index (Phi) is 8.67. The van der Waals surface area contributed by atoms with E-state index < -0.39 is 17.3 Å². The molecule has 0 unspecified atom stereocenters. The molecule has 1 rings (SSSR count). The van der Waals surface area contributed by atoms with Crippen molar-refractivity contribution in [3.8, 4) is 0 Å². The highest BCUT2D eigenvalue weighted by molar-refractivity contribution is 6.36. The number of likely N-dealkylation sites (N-methyl/N-ethyl adjacent to an activating group) is 1. The zero-order chi connectivity index (χ0) is 17.2. The molecule has 0 aliphatic heterocycles. The summed E-state index contributed by atoms with van der Waals surface area (Å²) in [5, 5.41) is 9.74. The molecule has 0 radical (unpaired) electrons. The topological polar surface area (TPSA) is 57.6 Å². The van der Waals surface area contributed by atoms with Crippen molar-refractivity contribution in [2.45, 2.75) is 71.1 Å². The molecular weight excluding hydrogens is 290 g/mol. The third-order valence-electron chi connectivity index (χ3n) is 4.43. The largest absolute Gasteiger partial charge is 0.503 e. The first-order chi connectivity index (χ1) is 11.0. The molecule has 0 heterocycles. The van der Waals surface area contributed by atoms with Crippen LogP contribution in [-0.2, 0) is 9.59 Å². The van der Waals surface area contributed by atoms with Gasteiger partial charge < -0.3 is 10.0 Å². The molecule has 0 bridgehead atoms. The zero-order valence-corrected chi connectivity index (χ0v) is 14.7. The molecule has 1 aliphatic rings. The van der Waals surface area contributed by atoms with Gasteiger partial charge in [0.25, 0.3) is 0 Å². The van der Waals surface area contributed by atoms with Crippen LogP contribution < -0.4 is 0 Å². The second-order valence-corrected chi connectivity index (χ2v) is 6.44. The summed E-state index contributed by atoms with van der Waals surface area (Å²) in [4.78, 5) is 25.1. The van der Waals surface area contributed by atoms with Gasteiger partial charge in [0.05, 0.1) is 5.57 Å². The number of ketones is 2. The summed E-state index contributed by atoms with van der Waals surface area (Å²) in [5.41, 5.74) is -0.0247. The fourth-order valence-electron chi connectivity index (χ4n) is 2.91. The summed E-state index contributed by atoms with van der Waals surface area (Å²) in [5.74, 6) is -1.53.